The van der Waals surface area contributed by atoms with Crippen LogP contribution in [0.25, 0.3) is 5.57 Å². The van der Waals surface area contributed by atoms with Crippen molar-refractivity contribution in [3.63, 3.8) is 0 Å². The van der Waals surface area contributed by atoms with Crippen molar-refractivity contribution >= 4 is 24.1 Å². The molecule has 162 valence electrons. The number of halogens is 1. The zero-order valence-corrected chi connectivity index (χ0v) is 24.7. The summed E-state index contributed by atoms with van der Waals surface area (Å²) >= 11 is 3.51. The topological polar surface area (TPSA) is 0 Å². The molecule has 2 aliphatic rings. The standard InChI is InChI=1S/C17H14Cl.C9H13.2CH3.H2Si.Zr/c1-2-12-11-15-14(9-6-10-16(15)18)17(12)13-7-4-3-5-8-13;1-6-5-7(2)9(4)8(6)3;;;;/h3-11H,2H2,1H3;6H,1-4H3;2*1H3;1H2;. The third-order valence-corrected chi connectivity index (χ3v) is 25.6. The Kier molecular flexibility index (Phi) is 5.86. The van der Waals surface area contributed by atoms with Gasteiger partial charge in [0, 0.05) is 0 Å². The van der Waals surface area contributed by atoms with E-state index >= 15 is 0 Å². The van der Waals surface area contributed by atoms with Gasteiger partial charge in [-0.05, 0) is 0 Å². The summed E-state index contributed by atoms with van der Waals surface area (Å²) in [7, 11) is 0. The molecule has 0 nitrogen and oxygen atoms in total. The van der Waals surface area contributed by atoms with Gasteiger partial charge >= 0.3 is 197 Å². The van der Waals surface area contributed by atoms with E-state index in [1.807, 2.05) is 0 Å². The first-order valence-corrected chi connectivity index (χ1v) is 25.4. The van der Waals surface area contributed by atoms with Gasteiger partial charge in [-0.3, -0.25) is 0 Å². The summed E-state index contributed by atoms with van der Waals surface area (Å²) < 4.78 is 7.60. The van der Waals surface area contributed by atoms with Gasteiger partial charge in [0.25, 0.3) is 0 Å². The zero-order chi connectivity index (χ0) is 22.7. The van der Waals surface area contributed by atoms with Crippen LogP contribution in [-0.4, -0.2) is 6.88 Å². The van der Waals surface area contributed by atoms with Crippen LogP contribution in [0.4, 0.5) is 0 Å². The fraction of sp³-hybridized carbons (Fsp3) is 0.357. The summed E-state index contributed by atoms with van der Waals surface area (Å²) in [6, 6.07) is 17.5. The molecule has 4 rings (SSSR count). The van der Waals surface area contributed by atoms with Crippen LogP contribution < -0.4 is 0 Å². The number of hydrogen-bond donors (Lipinski definition) is 0. The van der Waals surface area contributed by atoms with E-state index in [-0.39, 0.29) is 0 Å². The molecule has 0 saturated heterocycles. The molecule has 0 fully saturated rings. The van der Waals surface area contributed by atoms with Gasteiger partial charge in [0.05, 0.1) is 0 Å². The SMILES string of the molecule is CCC1=C(c2ccccc2)c2cccc(Cl)c2[CH]1[Zr]([CH3])([CH3])(=[SiH2])[C]1=C(C)C(C)=C(C)C1C. The van der Waals surface area contributed by atoms with E-state index < -0.39 is 17.4 Å². The molecule has 0 aromatic heterocycles. The van der Waals surface area contributed by atoms with E-state index in [1.165, 1.54) is 27.8 Å². The van der Waals surface area contributed by atoms with Crippen LogP contribution in [0.5, 0.6) is 0 Å². The predicted molar refractivity (Wildman–Crippen MR) is 137 cm³/mol. The Morgan fingerprint density at radius 2 is 1.58 bits per heavy atom. The molecule has 0 heterocycles. The van der Waals surface area contributed by atoms with Crippen LogP contribution in [0.15, 0.2) is 74.1 Å². The Hall–Kier alpha value is -0.950. The van der Waals surface area contributed by atoms with E-state index in [9.17, 15) is 0 Å². The Labute approximate surface area is 196 Å². The summed E-state index contributed by atoms with van der Waals surface area (Å²) in [5, 5.41) is 0.945. The molecule has 2 aromatic rings. The van der Waals surface area contributed by atoms with Gasteiger partial charge in [-0.25, -0.2) is 0 Å². The number of benzene rings is 2. The van der Waals surface area contributed by atoms with Gasteiger partial charge in [-0.1, -0.05) is 0 Å². The summed E-state index contributed by atoms with van der Waals surface area (Å²) in [5.41, 5.74) is 11.8. The zero-order valence-electron chi connectivity index (χ0n) is 20.1. The van der Waals surface area contributed by atoms with E-state index in [0.29, 0.717) is 9.54 Å². The van der Waals surface area contributed by atoms with Crippen molar-refractivity contribution < 1.29 is 17.4 Å². The fourth-order valence-electron chi connectivity index (χ4n) is 6.73. The summed E-state index contributed by atoms with van der Waals surface area (Å²) in [4.78, 5) is 0. The predicted octanol–water partition coefficient (Wildman–Crippen LogP) is 8.20. The summed E-state index contributed by atoms with van der Waals surface area (Å²) in [5.74, 6) is 0.544. The first-order valence-electron chi connectivity index (χ1n) is 11.5. The molecular weight excluding hydrogens is 491 g/mol. The third-order valence-electron chi connectivity index (χ3n) is 8.17. The Bertz CT molecular complexity index is 1240. The average molecular weight is 526 g/mol. The van der Waals surface area contributed by atoms with Gasteiger partial charge < -0.3 is 0 Å². The van der Waals surface area contributed by atoms with E-state index in [2.05, 4.69) is 99.3 Å². The van der Waals surface area contributed by atoms with Crippen molar-refractivity contribution in [2.24, 2.45) is 5.92 Å². The minimum atomic E-state index is -3.52. The number of fused-ring (bicyclic) bond motifs is 1. The quantitative estimate of drug-likeness (QED) is 0.353. The van der Waals surface area contributed by atoms with Gasteiger partial charge in [0.1, 0.15) is 0 Å². The van der Waals surface area contributed by atoms with Crippen molar-refractivity contribution in [1.29, 1.82) is 0 Å². The molecule has 0 spiro atoms. The number of hydrogen-bond acceptors (Lipinski definition) is 0. The van der Waals surface area contributed by atoms with E-state index in [0.717, 1.165) is 11.4 Å². The Morgan fingerprint density at radius 3 is 2.13 bits per heavy atom. The fourth-order valence-corrected chi connectivity index (χ4v) is 28.2. The van der Waals surface area contributed by atoms with Gasteiger partial charge in [0.2, 0.25) is 0 Å². The Balaban J connectivity index is 2.07. The molecule has 2 atom stereocenters. The first kappa shape index (κ1) is 23.2. The van der Waals surface area contributed by atoms with Crippen LogP contribution >= 0.6 is 11.6 Å². The normalized spacial score (nSPS) is 22.0. The van der Waals surface area contributed by atoms with E-state index in [1.54, 1.807) is 20.0 Å². The van der Waals surface area contributed by atoms with Crippen LogP contribution in [0, 0.1) is 5.92 Å². The van der Waals surface area contributed by atoms with Crippen LogP contribution in [-0.2, 0) is 17.4 Å². The minimum absolute atomic E-state index is 0.453. The molecule has 3 heteroatoms. The van der Waals surface area contributed by atoms with Gasteiger partial charge in [-0.15, -0.1) is 0 Å². The molecule has 0 amide bonds. The van der Waals surface area contributed by atoms with Crippen LogP contribution in [0.3, 0.4) is 0 Å². The average Bonchev–Trinajstić information content (AvgIpc) is 3.18. The molecule has 0 radical (unpaired) electrons. The maximum atomic E-state index is 7.03. The summed E-state index contributed by atoms with van der Waals surface area (Å²) in [6.45, 7) is 14.2. The van der Waals surface area contributed by atoms with Gasteiger partial charge in [0.15, 0.2) is 0 Å². The molecule has 0 saturated carbocycles. The molecule has 2 aromatic carbocycles. The number of allylic oxidation sites excluding steroid dienone is 5. The van der Waals surface area contributed by atoms with Crippen molar-refractivity contribution in [2.45, 2.75) is 53.9 Å². The number of rotatable bonds is 4. The Morgan fingerprint density at radius 1 is 0.935 bits per heavy atom. The summed E-state index contributed by atoms with van der Waals surface area (Å²) in [6.07, 6.45) is 1.07. The molecule has 2 aliphatic carbocycles. The molecule has 0 N–H and O–H groups in total. The molecule has 31 heavy (non-hydrogen) atoms. The second-order valence-corrected chi connectivity index (χ2v) is 40.5. The third kappa shape index (κ3) is 3.40. The molecule has 2 unspecified atom stereocenters. The second-order valence-electron chi connectivity index (χ2n) is 10.6. The van der Waals surface area contributed by atoms with Crippen LogP contribution in [0.2, 0.25) is 14.3 Å². The van der Waals surface area contributed by atoms with Crippen molar-refractivity contribution in [3.8, 4) is 0 Å². The molecule has 0 bridgehead atoms. The molecule has 0 aliphatic heterocycles. The van der Waals surface area contributed by atoms with Crippen molar-refractivity contribution in [2.75, 3.05) is 0 Å². The van der Waals surface area contributed by atoms with Crippen molar-refractivity contribution in [3.05, 3.63) is 95.8 Å². The molecular formula is C28H35ClSiZr. The second kappa shape index (κ2) is 7.82. The van der Waals surface area contributed by atoms with Crippen molar-refractivity contribution in [1.82, 2.24) is 0 Å². The van der Waals surface area contributed by atoms with E-state index in [4.69, 9.17) is 11.6 Å². The van der Waals surface area contributed by atoms with Crippen LogP contribution in [0.1, 0.15) is 61.4 Å². The first-order chi connectivity index (χ1) is 14.5. The van der Waals surface area contributed by atoms with Gasteiger partial charge in [-0.2, -0.15) is 0 Å². The maximum absolute atomic E-state index is 7.03. The monoisotopic (exact) mass is 524 g/mol.